The van der Waals surface area contributed by atoms with E-state index in [1.54, 1.807) is 23.9 Å². The molecule has 0 radical (unpaired) electrons. The smallest absolute Gasteiger partial charge is 0.413 e. The molecule has 5 rings (SSSR count). The molecule has 0 spiro atoms. The topological polar surface area (TPSA) is 66.0 Å². The Bertz CT molecular complexity index is 1460. The summed E-state index contributed by atoms with van der Waals surface area (Å²) in [5.41, 5.74) is 3.17. The summed E-state index contributed by atoms with van der Waals surface area (Å²) in [5.74, 6) is 1.82. The molecule has 0 atom stereocenters. The number of hydrogen-bond donors (Lipinski definition) is 0. The van der Waals surface area contributed by atoms with E-state index in [1.165, 1.54) is 12.1 Å². The maximum atomic E-state index is 12.6. The number of ether oxygens (including phenoxy) is 1. The van der Waals surface area contributed by atoms with Crippen LogP contribution < -0.4 is 4.74 Å². The number of imidazole rings is 1. The Balaban J connectivity index is 1.54. The van der Waals surface area contributed by atoms with Gasteiger partial charge < -0.3 is 13.7 Å². The number of rotatable bonds is 8. The first-order valence-corrected chi connectivity index (χ1v) is 12.3. The number of hydrogen-bond acceptors (Lipinski definition) is 6. The van der Waals surface area contributed by atoms with Crippen LogP contribution in [-0.2, 0) is 6.54 Å². The number of halogens is 3. The maximum Gasteiger partial charge on any atom is 0.573 e. The lowest BCUT2D eigenvalue weighted by Crippen LogP contribution is -2.17. The van der Waals surface area contributed by atoms with E-state index in [4.69, 9.17) is 9.40 Å². The van der Waals surface area contributed by atoms with Crippen molar-refractivity contribution in [2.45, 2.75) is 31.1 Å². The summed E-state index contributed by atoms with van der Waals surface area (Å²) in [4.78, 5) is 5.86. The standard InChI is InChI=1S/C26H21F3N4O2S/c1-2-14-36-20-12-13-21-22(15-20)33(16-17-8-10-19(11-9-17)35-26(27,28)29)23(30-21)25-32-31-24(34-25)18-6-4-3-5-7-18/h3-13,15H,2,14,16H2,1H3. The van der Waals surface area contributed by atoms with E-state index in [9.17, 15) is 13.2 Å². The van der Waals surface area contributed by atoms with Crippen LogP contribution in [0.2, 0.25) is 0 Å². The van der Waals surface area contributed by atoms with Crippen LogP contribution in [0.5, 0.6) is 5.75 Å². The molecule has 0 amide bonds. The molecule has 0 unspecified atom stereocenters. The van der Waals surface area contributed by atoms with E-state index in [2.05, 4.69) is 27.9 Å². The Morgan fingerprint density at radius 3 is 2.42 bits per heavy atom. The highest BCUT2D eigenvalue weighted by molar-refractivity contribution is 7.99. The van der Waals surface area contributed by atoms with Crippen LogP contribution in [0.3, 0.4) is 0 Å². The summed E-state index contributed by atoms with van der Waals surface area (Å²) in [5, 5.41) is 8.42. The van der Waals surface area contributed by atoms with Gasteiger partial charge in [0, 0.05) is 17.0 Å². The van der Waals surface area contributed by atoms with Crippen LogP contribution in [0.1, 0.15) is 18.9 Å². The third kappa shape index (κ3) is 5.38. The minimum atomic E-state index is -4.74. The zero-order valence-electron chi connectivity index (χ0n) is 19.2. The number of thioether (sulfide) groups is 1. The average Bonchev–Trinajstić information content (AvgIpc) is 3.49. The third-order valence-electron chi connectivity index (χ3n) is 5.33. The molecular weight excluding hydrogens is 489 g/mol. The van der Waals surface area contributed by atoms with E-state index in [1.807, 2.05) is 47.0 Å². The molecule has 0 aliphatic heterocycles. The van der Waals surface area contributed by atoms with Crippen LogP contribution in [-0.4, -0.2) is 31.9 Å². The lowest BCUT2D eigenvalue weighted by molar-refractivity contribution is -0.274. The predicted molar refractivity (Wildman–Crippen MR) is 132 cm³/mol. The van der Waals surface area contributed by atoms with Crippen molar-refractivity contribution in [1.29, 1.82) is 0 Å². The van der Waals surface area contributed by atoms with Crippen molar-refractivity contribution in [3.63, 3.8) is 0 Å². The Labute approximate surface area is 209 Å². The maximum absolute atomic E-state index is 12.6. The number of alkyl halides is 3. The first-order chi connectivity index (χ1) is 17.4. The zero-order chi connectivity index (χ0) is 25.1. The van der Waals surface area contributed by atoms with Crippen LogP contribution in [0.25, 0.3) is 34.2 Å². The lowest BCUT2D eigenvalue weighted by Gasteiger charge is -2.11. The Hall–Kier alpha value is -3.79. The van der Waals surface area contributed by atoms with Gasteiger partial charge in [-0.15, -0.1) is 35.1 Å². The molecule has 0 aliphatic carbocycles. The Morgan fingerprint density at radius 1 is 0.944 bits per heavy atom. The van der Waals surface area contributed by atoms with Gasteiger partial charge in [0.05, 0.1) is 11.0 Å². The second-order valence-corrected chi connectivity index (χ2v) is 9.16. The molecule has 6 nitrogen and oxygen atoms in total. The highest BCUT2D eigenvalue weighted by Crippen LogP contribution is 2.31. The second-order valence-electron chi connectivity index (χ2n) is 7.99. The summed E-state index contributed by atoms with van der Waals surface area (Å²) in [7, 11) is 0. The molecule has 10 heteroatoms. The first-order valence-electron chi connectivity index (χ1n) is 11.3. The lowest BCUT2D eigenvalue weighted by atomic mass is 10.2. The van der Waals surface area contributed by atoms with Crippen LogP contribution >= 0.6 is 11.8 Å². The average molecular weight is 511 g/mol. The van der Waals surface area contributed by atoms with E-state index < -0.39 is 6.36 Å². The fourth-order valence-corrected chi connectivity index (χ4v) is 4.52. The molecule has 2 aromatic heterocycles. The number of fused-ring (bicyclic) bond motifs is 1. The fourth-order valence-electron chi connectivity index (χ4n) is 3.73. The van der Waals surface area contributed by atoms with Crippen molar-refractivity contribution >= 4 is 22.8 Å². The van der Waals surface area contributed by atoms with Crippen LogP contribution in [0.15, 0.2) is 82.1 Å². The van der Waals surface area contributed by atoms with Gasteiger partial charge in [0.25, 0.3) is 5.89 Å². The largest absolute Gasteiger partial charge is 0.573 e. The van der Waals surface area contributed by atoms with Gasteiger partial charge in [-0.25, -0.2) is 4.98 Å². The SMILES string of the molecule is CCCSc1ccc2nc(-c3nnc(-c4ccccc4)o3)n(Cc3ccc(OC(F)(F)F)cc3)c2c1. The molecule has 0 bridgehead atoms. The highest BCUT2D eigenvalue weighted by atomic mass is 32.2. The van der Waals surface area contributed by atoms with Crippen LogP contribution in [0, 0.1) is 0 Å². The van der Waals surface area contributed by atoms with E-state index >= 15 is 0 Å². The van der Waals surface area contributed by atoms with Gasteiger partial charge in [0.15, 0.2) is 5.82 Å². The molecule has 184 valence electrons. The monoisotopic (exact) mass is 510 g/mol. The molecule has 0 saturated carbocycles. The molecule has 0 saturated heterocycles. The quantitative estimate of drug-likeness (QED) is 0.206. The summed E-state index contributed by atoms with van der Waals surface area (Å²) in [6.07, 6.45) is -3.69. The van der Waals surface area contributed by atoms with Gasteiger partial charge >= 0.3 is 6.36 Å². The summed E-state index contributed by atoms with van der Waals surface area (Å²) in [6.45, 7) is 2.46. The van der Waals surface area contributed by atoms with E-state index in [-0.39, 0.29) is 11.6 Å². The molecular formula is C26H21F3N4O2S. The van der Waals surface area contributed by atoms with Crippen molar-refractivity contribution in [2.75, 3.05) is 5.75 Å². The summed E-state index contributed by atoms with van der Waals surface area (Å²) in [6, 6.07) is 21.2. The second kappa shape index (κ2) is 10.1. The molecule has 0 aliphatic rings. The van der Waals surface area contributed by atoms with Crippen molar-refractivity contribution in [3.05, 3.63) is 78.4 Å². The molecule has 5 aromatic rings. The van der Waals surface area contributed by atoms with Crippen molar-refractivity contribution in [3.8, 4) is 28.9 Å². The van der Waals surface area contributed by atoms with E-state index in [0.29, 0.717) is 18.3 Å². The van der Waals surface area contributed by atoms with Gasteiger partial charge in [0.1, 0.15) is 5.75 Å². The number of benzene rings is 3. The predicted octanol–water partition coefficient (Wildman–Crippen LogP) is 7.20. The Kier molecular flexibility index (Phi) is 6.69. The zero-order valence-corrected chi connectivity index (χ0v) is 20.0. The van der Waals surface area contributed by atoms with Gasteiger partial charge in [-0.3, -0.25) is 0 Å². The minimum Gasteiger partial charge on any atom is -0.413 e. The van der Waals surface area contributed by atoms with Crippen molar-refractivity contribution < 1.29 is 22.3 Å². The van der Waals surface area contributed by atoms with Gasteiger partial charge in [-0.05, 0) is 60.2 Å². The van der Waals surface area contributed by atoms with Crippen molar-refractivity contribution in [2.24, 2.45) is 0 Å². The van der Waals surface area contributed by atoms with Gasteiger partial charge in [0.2, 0.25) is 5.89 Å². The fraction of sp³-hybridized carbons (Fsp3) is 0.192. The Morgan fingerprint density at radius 2 is 1.69 bits per heavy atom. The number of nitrogens with zero attached hydrogens (tertiary/aromatic N) is 4. The molecule has 36 heavy (non-hydrogen) atoms. The highest BCUT2D eigenvalue weighted by Gasteiger charge is 2.31. The first kappa shape index (κ1) is 23.9. The summed E-state index contributed by atoms with van der Waals surface area (Å²) < 4.78 is 49.6. The minimum absolute atomic E-state index is 0.254. The molecule has 2 heterocycles. The normalized spacial score (nSPS) is 11.8. The summed E-state index contributed by atoms with van der Waals surface area (Å²) >= 11 is 1.75. The third-order valence-corrected chi connectivity index (χ3v) is 6.53. The van der Waals surface area contributed by atoms with Crippen LogP contribution in [0.4, 0.5) is 13.2 Å². The van der Waals surface area contributed by atoms with Crippen molar-refractivity contribution in [1.82, 2.24) is 19.7 Å². The molecule has 0 fully saturated rings. The van der Waals surface area contributed by atoms with E-state index in [0.717, 1.165) is 39.2 Å². The number of aromatic nitrogens is 4. The van der Waals surface area contributed by atoms with Gasteiger partial charge in [-0.1, -0.05) is 37.3 Å². The molecule has 0 N–H and O–H groups in total. The molecule has 3 aromatic carbocycles. The van der Waals surface area contributed by atoms with Gasteiger partial charge in [-0.2, -0.15) is 0 Å².